The Hall–Kier alpha value is -1.84. The second kappa shape index (κ2) is 6.47. The first-order chi connectivity index (χ1) is 12.1. The molecule has 1 aliphatic carbocycles. The molecule has 1 saturated heterocycles. The van der Waals surface area contributed by atoms with Gasteiger partial charge in [0.2, 0.25) is 11.8 Å². The zero-order valence-corrected chi connectivity index (χ0v) is 15.0. The summed E-state index contributed by atoms with van der Waals surface area (Å²) in [6, 6.07) is 15.1. The van der Waals surface area contributed by atoms with E-state index in [-0.39, 0.29) is 23.7 Å². The number of benzene rings is 2. The Morgan fingerprint density at radius 2 is 1.56 bits per heavy atom. The van der Waals surface area contributed by atoms with E-state index in [9.17, 15) is 9.59 Å². The van der Waals surface area contributed by atoms with E-state index in [1.165, 1.54) is 10.5 Å². The summed E-state index contributed by atoms with van der Waals surface area (Å²) in [6.07, 6.45) is 2.39. The second-order valence-corrected chi connectivity index (χ2v) is 7.56. The SMILES string of the molecule is O=C1[C@H]2C[C@@H](c3ccccc3)CC[C@H]2C(=O)N1c1ccc(Cl)c(Cl)c1. The number of anilines is 1. The second-order valence-electron chi connectivity index (χ2n) is 6.74. The van der Waals surface area contributed by atoms with E-state index >= 15 is 0 Å². The third-order valence-corrected chi connectivity index (χ3v) is 6.10. The molecule has 0 unspecified atom stereocenters. The molecule has 2 amide bonds. The summed E-state index contributed by atoms with van der Waals surface area (Å²) >= 11 is 12.0. The van der Waals surface area contributed by atoms with Crippen LogP contribution in [0.2, 0.25) is 10.0 Å². The van der Waals surface area contributed by atoms with Gasteiger partial charge in [0.1, 0.15) is 0 Å². The van der Waals surface area contributed by atoms with E-state index < -0.39 is 0 Å². The summed E-state index contributed by atoms with van der Waals surface area (Å²) in [5, 5.41) is 0.753. The molecule has 25 heavy (non-hydrogen) atoms. The van der Waals surface area contributed by atoms with Crippen LogP contribution in [0.4, 0.5) is 5.69 Å². The van der Waals surface area contributed by atoms with Crippen molar-refractivity contribution in [2.45, 2.75) is 25.2 Å². The van der Waals surface area contributed by atoms with Gasteiger partial charge in [-0.25, -0.2) is 0 Å². The van der Waals surface area contributed by atoms with Crippen LogP contribution in [0.15, 0.2) is 48.5 Å². The van der Waals surface area contributed by atoms with Crippen LogP contribution in [-0.4, -0.2) is 11.8 Å². The molecule has 2 aliphatic rings. The number of halogens is 2. The summed E-state index contributed by atoms with van der Waals surface area (Å²) in [5.41, 5.74) is 1.75. The summed E-state index contributed by atoms with van der Waals surface area (Å²) in [4.78, 5) is 27.1. The maximum Gasteiger partial charge on any atom is 0.237 e. The van der Waals surface area contributed by atoms with E-state index in [1.807, 2.05) is 18.2 Å². The number of hydrogen-bond acceptors (Lipinski definition) is 2. The third kappa shape index (κ3) is 2.86. The standard InChI is InChI=1S/C20H17Cl2NO2/c21-17-9-7-14(11-18(17)22)23-19(24)15-8-6-13(10-16(15)20(23)25)12-4-2-1-3-5-12/h1-5,7,9,11,13,15-16H,6,8,10H2/t13-,15+,16-/m0/s1. The van der Waals surface area contributed by atoms with Crippen molar-refractivity contribution < 1.29 is 9.59 Å². The molecule has 0 N–H and O–H groups in total. The van der Waals surface area contributed by atoms with Crippen molar-refractivity contribution in [3.63, 3.8) is 0 Å². The highest BCUT2D eigenvalue weighted by atomic mass is 35.5. The number of carbonyl (C=O) groups excluding carboxylic acids is 2. The lowest BCUT2D eigenvalue weighted by Crippen LogP contribution is -2.30. The van der Waals surface area contributed by atoms with Gasteiger partial charge < -0.3 is 0 Å². The third-order valence-electron chi connectivity index (χ3n) is 5.36. The van der Waals surface area contributed by atoms with Crippen LogP contribution in [-0.2, 0) is 9.59 Å². The molecular formula is C20H17Cl2NO2. The lowest BCUT2D eigenvalue weighted by Gasteiger charge is -2.28. The number of nitrogens with zero attached hydrogens (tertiary/aromatic N) is 1. The van der Waals surface area contributed by atoms with Crippen LogP contribution in [0.1, 0.15) is 30.7 Å². The fourth-order valence-electron chi connectivity index (χ4n) is 4.09. The highest BCUT2D eigenvalue weighted by molar-refractivity contribution is 6.42. The van der Waals surface area contributed by atoms with Crippen LogP contribution < -0.4 is 4.90 Å². The van der Waals surface area contributed by atoms with Gasteiger partial charge in [0.05, 0.1) is 27.6 Å². The summed E-state index contributed by atoms with van der Waals surface area (Å²) < 4.78 is 0. The van der Waals surface area contributed by atoms with Gasteiger partial charge in [-0.1, -0.05) is 53.5 Å². The highest BCUT2D eigenvalue weighted by Gasteiger charge is 2.50. The van der Waals surface area contributed by atoms with Gasteiger partial charge in [0.15, 0.2) is 0 Å². The average Bonchev–Trinajstić information content (AvgIpc) is 2.89. The Morgan fingerprint density at radius 3 is 2.28 bits per heavy atom. The molecule has 1 saturated carbocycles. The molecule has 2 aromatic rings. The molecule has 2 aromatic carbocycles. The molecule has 128 valence electrons. The van der Waals surface area contributed by atoms with Crippen LogP contribution in [0.25, 0.3) is 0 Å². The lowest BCUT2D eigenvalue weighted by molar-refractivity contribution is -0.122. The molecule has 3 atom stereocenters. The van der Waals surface area contributed by atoms with E-state index in [2.05, 4.69) is 12.1 Å². The Balaban J connectivity index is 1.61. The fourth-order valence-corrected chi connectivity index (χ4v) is 4.38. The first-order valence-electron chi connectivity index (χ1n) is 8.44. The summed E-state index contributed by atoms with van der Waals surface area (Å²) in [7, 11) is 0. The Kier molecular flexibility index (Phi) is 4.30. The van der Waals surface area contributed by atoms with E-state index in [4.69, 9.17) is 23.2 Å². The monoisotopic (exact) mass is 373 g/mol. The van der Waals surface area contributed by atoms with Gasteiger partial charge >= 0.3 is 0 Å². The number of fused-ring (bicyclic) bond motifs is 1. The highest BCUT2D eigenvalue weighted by Crippen LogP contribution is 2.46. The largest absolute Gasteiger partial charge is 0.274 e. The number of amides is 2. The Labute approximate surface area is 156 Å². The van der Waals surface area contributed by atoms with Gasteiger partial charge in [-0.05, 0) is 48.9 Å². The topological polar surface area (TPSA) is 37.4 Å². The number of rotatable bonds is 2. The molecule has 3 nitrogen and oxygen atoms in total. The van der Waals surface area contributed by atoms with E-state index in [0.29, 0.717) is 21.7 Å². The minimum absolute atomic E-state index is 0.111. The zero-order valence-electron chi connectivity index (χ0n) is 13.5. The first kappa shape index (κ1) is 16.6. The summed E-state index contributed by atoms with van der Waals surface area (Å²) in [5.74, 6) is -0.371. The maximum absolute atomic E-state index is 13.0. The van der Waals surface area contributed by atoms with Crippen molar-refractivity contribution in [2.75, 3.05) is 4.90 Å². The minimum Gasteiger partial charge on any atom is -0.274 e. The van der Waals surface area contributed by atoms with Crippen molar-refractivity contribution in [3.05, 3.63) is 64.1 Å². The number of carbonyl (C=O) groups is 2. The molecule has 5 heteroatoms. The lowest BCUT2D eigenvalue weighted by atomic mass is 9.73. The minimum atomic E-state index is -0.249. The van der Waals surface area contributed by atoms with Crippen molar-refractivity contribution in [2.24, 2.45) is 11.8 Å². The molecule has 1 aliphatic heterocycles. The van der Waals surface area contributed by atoms with Crippen LogP contribution >= 0.6 is 23.2 Å². The fraction of sp³-hybridized carbons (Fsp3) is 0.300. The number of imide groups is 1. The van der Waals surface area contributed by atoms with Gasteiger partial charge in [-0.15, -0.1) is 0 Å². The normalized spacial score (nSPS) is 26.0. The molecule has 0 aromatic heterocycles. The molecule has 0 radical (unpaired) electrons. The van der Waals surface area contributed by atoms with Crippen molar-refractivity contribution in [1.29, 1.82) is 0 Å². The first-order valence-corrected chi connectivity index (χ1v) is 9.19. The van der Waals surface area contributed by atoms with Crippen molar-refractivity contribution in [3.8, 4) is 0 Å². The molecule has 0 spiro atoms. The van der Waals surface area contributed by atoms with Gasteiger partial charge in [-0.3, -0.25) is 14.5 Å². The molecule has 4 rings (SSSR count). The maximum atomic E-state index is 13.0. The predicted octanol–water partition coefficient (Wildman–Crippen LogP) is 5.07. The predicted molar refractivity (Wildman–Crippen MR) is 99.0 cm³/mol. The Bertz CT molecular complexity index is 837. The quantitative estimate of drug-likeness (QED) is 0.689. The van der Waals surface area contributed by atoms with Crippen molar-refractivity contribution in [1.82, 2.24) is 0 Å². The van der Waals surface area contributed by atoms with Gasteiger partial charge in [0.25, 0.3) is 0 Å². The van der Waals surface area contributed by atoms with Gasteiger partial charge in [-0.2, -0.15) is 0 Å². The van der Waals surface area contributed by atoms with E-state index in [1.54, 1.807) is 18.2 Å². The molecular weight excluding hydrogens is 357 g/mol. The smallest absolute Gasteiger partial charge is 0.237 e. The molecule has 0 bridgehead atoms. The summed E-state index contributed by atoms with van der Waals surface area (Å²) in [6.45, 7) is 0. The molecule has 1 heterocycles. The molecule has 2 fully saturated rings. The Morgan fingerprint density at radius 1 is 0.840 bits per heavy atom. The average molecular weight is 374 g/mol. The van der Waals surface area contributed by atoms with E-state index in [0.717, 1.165) is 19.3 Å². The van der Waals surface area contributed by atoms with Crippen LogP contribution in [0.5, 0.6) is 0 Å². The number of hydrogen-bond donors (Lipinski definition) is 0. The van der Waals surface area contributed by atoms with Crippen LogP contribution in [0, 0.1) is 11.8 Å². The van der Waals surface area contributed by atoms with Crippen LogP contribution in [0.3, 0.4) is 0 Å². The van der Waals surface area contributed by atoms with Gasteiger partial charge in [0, 0.05) is 0 Å². The zero-order chi connectivity index (χ0) is 17.6. The van der Waals surface area contributed by atoms with Crippen molar-refractivity contribution >= 4 is 40.7 Å².